The third-order valence-corrected chi connectivity index (χ3v) is 7.55. The topological polar surface area (TPSA) is 61.2 Å². The average molecular weight is 338 g/mol. The van der Waals surface area contributed by atoms with E-state index in [-0.39, 0.29) is 35.5 Å². The number of thiophene rings is 1. The Morgan fingerprint density at radius 3 is 2.50 bits per heavy atom. The summed E-state index contributed by atoms with van der Waals surface area (Å²) in [6.07, 6.45) is 8.08. The van der Waals surface area contributed by atoms with Gasteiger partial charge in [-0.15, -0.1) is 11.3 Å². The molecule has 0 aromatic carbocycles. The molecule has 1 saturated carbocycles. The van der Waals surface area contributed by atoms with Crippen LogP contribution in [-0.4, -0.2) is 11.8 Å². The first kappa shape index (κ1) is 14.4. The van der Waals surface area contributed by atoms with E-state index < -0.39 is 0 Å². The van der Waals surface area contributed by atoms with Gasteiger partial charge in [-0.2, -0.15) is 5.26 Å². The molecule has 2 fully saturated rings. The molecule has 2 amide bonds. The van der Waals surface area contributed by atoms with Crippen molar-refractivity contribution >= 4 is 28.2 Å². The molecule has 4 aliphatic rings. The average Bonchev–Trinajstić information content (AvgIpc) is 3.29. The van der Waals surface area contributed by atoms with E-state index in [0.717, 1.165) is 31.2 Å². The van der Waals surface area contributed by atoms with Crippen molar-refractivity contribution in [3.05, 3.63) is 28.2 Å². The summed E-state index contributed by atoms with van der Waals surface area (Å²) in [7, 11) is 0. The Hall–Kier alpha value is -1.93. The van der Waals surface area contributed by atoms with Crippen LogP contribution in [0, 0.1) is 40.9 Å². The fraction of sp³-hybridized carbons (Fsp3) is 0.526. The van der Waals surface area contributed by atoms with Crippen molar-refractivity contribution in [3.8, 4) is 6.07 Å². The molecule has 0 spiro atoms. The molecule has 1 saturated heterocycles. The Bertz CT molecular complexity index is 816. The zero-order valence-electron chi connectivity index (χ0n) is 13.5. The summed E-state index contributed by atoms with van der Waals surface area (Å²) < 4.78 is 0. The van der Waals surface area contributed by atoms with Crippen molar-refractivity contribution in [2.75, 3.05) is 4.90 Å². The quantitative estimate of drug-likeness (QED) is 0.584. The van der Waals surface area contributed by atoms with Crippen LogP contribution in [0.15, 0.2) is 12.2 Å². The minimum atomic E-state index is -0.197. The zero-order chi connectivity index (χ0) is 16.6. The first-order chi connectivity index (χ1) is 11.6. The third-order valence-electron chi connectivity index (χ3n) is 6.27. The summed E-state index contributed by atoms with van der Waals surface area (Å²) in [6.45, 7) is 2.20. The van der Waals surface area contributed by atoms with Gasteiger partial charge in [0, 0.05) is 4.88 Å². The van der Waals surface area contributed by atoms with Crippen LogP contribution in [0.2, 0.25) is 0 Å². The van der Waals surface area contributed by atoms with Crippen LogP contribution < -0.4 is 4.90 Å². The number of imide groups is 1. The van der Waals surface area contributed by atoms with E-state index in [4.69, 9.17) is 0 Å². The fourth-order valence-corrected chi connectivity index (χ4v) is 6.42. The lowest BCUT2D eigenvalue weighted by Gasteiger charge is -2.18. The Balaban J connectivity index is 1.60. The van der Waals surface area contributed by atoms with Crippen LogP contribution in [0.1, 0.15) is 35.8 Å². The van der Waals surface area contributed by atoms with Crippen LogP contribution >= 0.6 is 11.3 Å². The molecule has 5 atom stereocenters. The van der Waals surface area contributed by atoms with Gasteiger partial charge in [0.25, 0.3) is 0 Å². The number of nitrogens with zero attached hydrogens (tertiary/aromatic N) is 2. The van der Waals surface area contributed by atoms with Crippen LogP contribution in [0.3, 0.4) is 0 Å². The first-order valence-electron chi connectivity index (χ1n) is 8.71. The van der Waals surface area contributed by atoms with Gasteiger partial charge in [-0.1, -0.05) is 19.1 Å². The Morgan fingerprint density at radius 2 is 1.88 bits per heavy atom. The van der Waals surface area contributed by atoms with Gasteiger partial charge >= 0.3 is 0 Å². The highest BCUT2D eigenvalue weighted by Crippen LogP contribution is 2.54. The summed E-state index contributed by atoms with van der Waals surface area (Å²) in [5.41, 5.74) is 1.65. The molecule has 1 aromatic heterocycles. The van der Waals surface area contributed by atoms with Crippen molar-refractivity contribution in [3.63, 3.8) is 0 Å². The number of carbonyl (C=O) groups excluding carboxylic acids is 2. The summed E-state index contributed by atoms with van der Waals surface area (Å²) in [6, 6.07) is 2.29. The van der Waals surface area contributed by atoms with Crippen molar-refractivity contribution in [2.45, 2.75) is 32.6 Å². The fourth-order valence-electron chi connectivity index (χ4n) is 5.12. The molecule has 122 valence electrons. The Labute approximate surface area is 144 Å². The molecule has 5 heteroatoms. The summed E-state index contributed by atoms with van der Waals surface area (Å²) in [5.74, 6) is 0.420. The molecule has 5 rings (SSSR count). The molecule has 1 aromatic rings. The number of carbonyl (C=O) groups is 2. The van der Waals surface area contributed by atoms with E-state index in [9.17, 15) is 14.9 Å². The van der Waals surface area contributed by atoms with E-state index in [1.807, 2.05) is 0 Å². The smallest absolute Gasteiger partial charge is 0.238 e. The number of aryl methyl sites for hydroxylation is 1. The van der Waals surface area contributed by atoms with Crippen LogP contribution in [0.4, 0.5) is 5.00 Å². The number of nitriles is 1. The number of anilines is 1. The maximum Gasteiger partial charge on any atom is 0.238 e. The van der Waals surface area contributed by atoms with Gasteiger partial charge in [0.05, 0.1) is 17.4 Å². The van der Waals surface area contributed by atoms with Crippen molar-refractivity contribution in [1.82, 2.24) is 0 Å². The first-order valence-corrected chi connectivity index (χ1v) is 9.52. The predicted molar refractivity (Wildman–Crippen MR) is 90.4 cm³/mol. The van der Waals surface area contributed by atoms with Crippen LogP contribution in [0.25, 0.3) is 0 Å². The van der Waals surface area contributed by atoms with E-state index in [1.54, 1.807) is 0 Å². The van der Waals surface area contributed by atoms with Gasteiger partial charge in [-0.25, -0.2) is 4.90 Å². The van der Waals surface area contributed by atoms with Gasteiger partial charge in [-0.05, 0) is 49.0 Å². The van der Waals surface area contributed by atoms with Gasteiger partial charge in [-0.3, -0.25) is 9.59 Å². The number of allylic oxidation sites excluding steroid dienone is 2. The predicted octanol–water partition coefficient (Wildman–Crippen LogP) is 3.06. The molecular formula is C19H18N2O2S. The lowest BCUT2D eigenvalue weighted by molar-refractivity contribution is -0.123. The van der Waals surface area contributed by atoms with Crippen molar-refractivity contribution in [1.29, 1.82) is 5.26 Å². The second-order valence-electron chi connectivity index (χ2n) is 7.66. The minimum Gasteiger partial charge on any atom is -0.274 e. The maximum atomic E-state index is 13.0. The largest absolute Gasteiger partial charge is 0.274 e. The summed E-state index contributed by atoms with van der Waals surface area (Å²) in [4.78, 5) is 28.6. The molecular weight excluding hydrogens is 320 g/mol. The maximum absolute atomic E-state index is 13.0. The molecule has 4 nitrogen and oxygen atoms in total. The SMILES string of the molecule is CC1CCc2sc(N3C(=O)C4C5C=CC(C5)C4C3=O)c(C#N)c2C1. The number of hydrogen-bond acceptors (Lipinski definition) is 4. The molecule has 2 bridgehead atoms. The standard InChI is InChI=1S/C19H18N2O2S/c1-9-2-5-14-12(6-9)13(8-20)19(24-14)21-17(22)15-10-3-4-11(7-10)16(15)18(21)23/h3-4,9-11,15-16H,2,5-7H2,1H3. The van der Waals surface area contributed by atoms with E-state index in [2.05, 4.69) is 25.1 Å². The lowest BCUT2D eigenvalue weighted by atomic mass is 9.85. The highest BCUT2D eigenvalue weighted by molar-refractivity contribution is 7.17. The number of rotatable bonds is 1. The second-order valence-corrected chi connectivity index (χ2v) is 8.74. The second kappa shape index (κ2) is 4.80. The van der Waals surface area contributed by atoms with Gasteiger partial charge in [0.2, 0.25) is 11.8 Å². The lowest BCUT2D eigenvalue weighted by Crippen LogP contribution is -2.32. The third kappa shape index (κ3) is 1.67. The number of fused-ring (bicyclic) bond motifs is 6. The van der Waals surface area contributed by atoms with E-state index in [1.165, 1.54) is 21.1 Å². The Morgan fingerprint density at radius 1 is 1.21 bits per heavy atom. The Kier molecular flexibility index (Phi) is 2.88. The molecule has 0 N–H and O–H groups in total. The summed E-state index contributed by atoms with van der Waals surface area (Å²) in [5, 5.41) is 10.3. The molecule has 0 radical (unpaired) electrons. The molecule has 24 heavy (non-hydrogen) atoms. The van der Waals surface area contributed by atoms with E-state index in [0.29, 0.717) is 16.5 Å². The van der Waals surface area contributed by atoms with Gasteiger partial charge < -0.3 is 0 Å². The molecule has 3 aliphatic carbocycles. The van der Waals surface area contributed by atoms with E-state index >= 15 is 0 Å². The monoisotopic (exact) mass is 338 g/mol. The highest BCUT2D eigenvalue weighted by atomic mass is 32.1. The minimum absolute atomic E-state index is 0.0787. The molecule has 2 heterocycles. The molecule has 1 aliphatic heterocycles. The van der Waals surface area contributed by atoms with Crippen LogP contribution in [0.5, 0.6) is 0 Å². The normalized spacial score (nSPS) is 36.2. The van der Waals surface area contributed by atoms with Gasteiger partial charge in [0.1, 0.15) is 11.1 Å². The summed E-state index contributed by atoms with van der Waals surface area (Å²) >= 11 is 1.50. The number of hydrogen-bond donors (Lipinski definition) is 0. The number of amides is 2. The van der Waals surface area contributed by atoms with Crippen molar-refractivity contribution < 1.29 is 9.59 Å². The van der Waals surface area contributed by atoms with Crippen LogP contribution in [-0.2, 0) is 22.4 Å². The molecule has 5 unspecified atom stereocenters. The zero-order valence-corrected chi connectivity index (χ0v) is 14.3. The van der Waals surface area contributed by atoms with Crippen molar-refractivity contribution in [2.24, 2.45) is 29.6 Å². The van der Waals surface area contributed by atoms with Gasteiger partial charge in [0.15, 0.2) is 0 Å². The highest BCUT2D eigenvalue weighted by Gasteiger charge is 2.60.